The summed E-state index contributed by atoms with van der Waals surface area (Å²) < 4.78 is 0. The minimum atomic E-state index is -0.672. The average Bonchev–Trinajstić information content (AvgIpc) is 2.30. The Bertz CT molecular complexity index is 302. The molecule has 0 amide bonds. The number of nitrogens with two attached hydrogens (primary N) is 1. The third kappa shape index (κ3) is 1.75. The Hall–Kier alpha value is -1.07. The van der Waals surface area contributed by atoms with Crippen LogP contribution >= 0.6 is 0 Å². The Morgan fingerprint density at radius 3 is 2.67 bits per heavy atom. The van der Waals surface area contributed by atoms with Crippen molar-refractivity contribution in [1.82, 2.24) is 9.97 Å². The second kappa shape index (κ2) is 3.55. The van der Waals surface area contributed by atoms with Gasteiger partial charge in [0.05, 0.1) is 11.8 Å². The molecule has 12 heavy (non-hydrogen) atoms. The number of rotatable bonds is 3. The summed E-state index contributed by atoms with van der Waals surface area (Å²) in [4.78, 5) is 15.8. The molecule has 5 nitrogen and oxygen atoms in total. The Morgan fingerprint density at radius 2 is 2.25 bits per heavy atom. The molecule has 0 spiro atoms. The van der Waals surface area contributed by atoms with E-state index in [2.05, 4.69) is 9.97 Å². The Balaban J connectivity index is 2.86. The first-order chi connectivity index (χ1) is 5.65. The number of nitrogens with one attached hydrogen (secondary N) is 2. The molecule has 1 heterocycles. The molecule has 68 valence electrons. The molecule has 1 aromatic heterocycles. The summed E-state index contributed by atoms with van der Waals surface area (Å²) in [5, 5.41) is 9.44. The fourth-order valence-corrected chi connectivity index (χ4v) is 1.12. The van der Waals surface area contributed by atoms with Crippen molar-refractivity contribution in [2.45, 2.75) is 19.4 Å². The molecule has 0 saturated heterocycles. The maximum absolute atomic E-state index is 10.8. The van der Waals surface area contributed by atoms with Gasteiger partial charge < -0.3 is 20.8 Å². The largest absolute Gasteiger partial charge is 0.387 e. The van der Waals surface area contributed by atoms with Gasteiger partial charge in [-0.05, 0) is 19.9 Å². The third-order valence-corrected chi connectivity index (χ3v) is 1.73. The maximum Gasteiger partial charge on any atom is 0.323 e. The first-order valence-corrected chi connectivity index (χ1v) is 3.82. The van der Waals surface area contributed by atoms with Gasteiger partial charge >= 0.3 is 5.69 Å². The molecule has 1 aromatic rings. The SMILES string of the molecule is Cc1[nH]c(=O)[nH]c1C(O)CCN. The molecule has 0 aliphatic carbocycles. The summed E-state index contributed by atoms with van der Waals surface area (Å²) >= 11 is 0. The van der Waals surface area contributed by atoms with Crippen LogP contribution < -0.4 is 11.4 Å². The minimum Gasteiger partial charge on any atom is -0.387 e. The highest BCUT2D eigenvalue weighted by atomic mass is 16.3. The maximum atomic E-state index is 10.8. The Labute approximate surface area is 69.6 Å². The number of aliphatic hydroxyl groups excluding tert-OH is 1. The smallest absolute Gasteiger partial charge is 0.323 e. The van der Waals surface area contributed by atoms with Gasteiger partial charge in [0.25, 0.3) is 0 Å². The lowest BCUT2D eigenvalue weighted by atomic mass is 10.1. The number of aryl methyl sites for hydroxylation is 1. The zero-order valence-electron chi connectivity index (χ0n) is 6.92. The van der Waals surface area contributed by atoms with E-state index in [1.807, 2.05) is 0 Å². The van der Waals surface area contributed by atoms with Crippen LogP contribution in [0.3, 0.4) is 0 Å². The van der Waals surface area contributed by atoms with Gasteiger partial charge in [0.1, 0.15) is 0 Å². The molecule has 0 aromatic carbocycles. The highest BCUT2D eigenvalue weighted by Gasteiger charge is 2.11. The van der Waals surface area contributed by atoms with E-state index in [1.165, 1.54) is 0 Å². The lowest BCUT2D eigenvalue weighted by Gasteiger charge is -2.06. The molecule has 5 heteroatoms. The van der Waals surface area contributed by atoms with Crippen LogP contribution in [0.1, 0.15) is 23.9 Å². The summed E-state index contributed by atoms with van der Waals surface area (Å²) in [5.74, 6) is 0. The molecule has 5 N–H and O–H groups in total. The highest BCUT2D eigenvalue weighted by Crippen LogP contribution is 2.13. The molecule has 1 atom stereocenters. The lowest BCUT2D eigenvalue weighted by Crippen LogP contribution is -2.09. The number of aliphatic hydroxyl groups is 1. The molecular weight excluding hydrogens is 158 g/mol. The fraction of sp³-hybridized carbons (Fsp3) is 0.571. The number of imidazole rings is 1. The summed E-state index contributed by atoms with van der Waals surface area (Å²) in [6.07, 6.45) is -0.219. The molecular formula is C7H13N3O2. The fourth-order valence-electron chi connectivity index (χ4n) is 1.12. The molecule has 0 aliphatic rings. The van der Waals surface area contributed by atoms with Crippen LogP contribution in [-0.2, 0) is 0 Å². The minimum absolute atomic E-state index is 0.293. The van der Waals surface area contributed by atoms with Gasteiger partial charge in [0, 0.05) is 5.69 Å². The van der Waals surface area contributed by atoms with Crippen molar-refractivity contribution in [1.29, 1.82) is 0 Å². The van der Waals surface area contributed by atoms with E-state index in [0.717, 1.165) is 0 Å². The van der Waals surface area contributed by atoms with Gasteiger partial charge in [-0.1, -0.05) is 0 Å². The predicted octanol–water partition coefficient (Wildman–Crippen LogP) is -0.606. The number of H-pyrrole nitrogens is 2. The lowest BCUT2D eigenvalue weighted by molar-refractivity contribution is 0.165. The van der Waals surface area contributed by atoms with E-state index < -0.39 is 6.10 Å². The molecule has 1 unspecified atom stereocenters. The van der Waals surface area contributed by atoms with Crippen molar-refractivity contribution in [2.24, 2.45) is 5.73 Å². The van der Waals surface area contributed by atoms with Gasteiger partial charge in [0.15, 0.2) is 0 Å². The van der Waals surface area contributed by atoms with Gasteiger partial charge in [0.2, 0.25) is 0 Å². The topological polar surface area (TPSA) is 94.9 Å². The van der Waals surface area contributed by atoms with Crippen molar-refractivity contribution in [3.05, 3.63) is 21.9 Å². The predicted molar refractivity (Wildman–Crippen MR) is 44.8 cm³/mol. The van der Waals surface area contributed by atoms with Crippen LogP contribution in [0.2, 0.25) is 0 Å². The van der Waals surface area contributed by atoms with Crippen molar-refractivity contribution in [2.75, 3.05) is 6.54 Å². The van der Waals surface area contributed by atoms with E-state index in [-0.39, 0.29) is 5.69 Å². The summed E-state index contributed by atoms with van der Waals surface area (Å²) in [6.45, 7) is 2.13. The van der Waals surface area contributed by atoms with Gasteiger partial charge in [-0.15, -0.1) is 0 Å². The van der Waals surface area contributed by atoms with Crippen molar-refractivity contribution < 1.29 is 5.11 Å². The van der Waals surface area contributed by atoms with Crippen LogP contribution in [-0.4, -0.2) is 21.6 Å². The monoisotopic (exact) mass is 171 g/mol. The van der Waals surface area contributed by atoms with Gasteiger partial charge in [-0.3, -0.25) is 0 Å². The zero-order valence-corrected chi connectivity index (χ0v) is 6.92. The average molecular weight is 171 g/mol. The quantitative estimate of drug-likeness (QED) is 0.488. The Kier molecular flexibility index (Phi) is 2.67. The standard InChI is InChI=1S/C7H13N3O2/c1-4-6(5(11)2-3-8)10-7(12)9-4/h5,11H,2-3,8H2,1H3,(H2,9,10,12). The summed E-state index contributed by atoms with van der Waals surface area (Å²) in [7, 11) is 0. The zero-order chi connectivity index (χ0) is 9.14. The molecule has 0 radical (unpaired) electrons. The van der Waals surface area contributed by atoms with E-state index >= 15 is 0 Å². The summed E-state index contributed by atoms with van der Waals surface area (Å²) in [6, 6.07) is 0. The van der Waals surface area contributed by atoms with Crippen LogP contribution in [0.15, 0.2) is 4.79 Å². The van der Waals surface area contributed by atoms with Crippen molar-refractivity contribution in [3.8, 4) is 0 Å². The molecule has 0 bridgehead atoms. The second-order valence-electron chi connectivity index (χ2n) is 2.71. The Morgan fingerprint density at radius 1 is 1.58 bits per heavy atom. The highest BCUT2D eigenvalue weighted by molar-refractivity contribution is 5.11. The van der Waals surface area contributed by atoms with Gasteiger partial charge in [-0.25, -0.2) is 4.79 Å². The van der Waals surface area contributed by atoms with Crippen LogP contribution in [0.5, 0.6) is 0 Å². The molecule has 0 saturated carbocycles. The molecule has 1 rings (SSSR count). The van der Waals surface area contributed by atoms with Gasteiger partial charge in [-0.2, -0.15) is 0 Å². The second-order valence-corrected chi connectivity index (χ2v) is 2.71. The van der Waals surface area contributed by atoms with E-state index in [4.69, 9.17) is 5.73 Å². The third-order valence-electron chi connectivity index (χ3n) is 1.73. The normalized spacial score (nSPS) is 13.2. The molecule has 0 fully saturated rings. The van der Waals surface area contributed by atoms with E-state index in [0.29, 0.717) is 24.4 Å². The summed E-state index contributed by atoms with van der Waals surface area (Å²) in [5.41, 5.74) is 6.17. The van der Waals surface area contributed by atoms with Crippen LogP contribution in [0, 0.1) is 6.92 Å². The van der Waals surface area contributed by atoms with E-state index in [1.54, 1.807) is 6.92 Å². The van der Waals surface area contributed by atoms with Crippen LogP contribution in [0.4, 0.5) is 0 Å². The van der Waals surface area contributed by atoms with E-state index in [9.17, 15) is 9.90 Å². The number of hydrogen-bond donors (Lipinski definition) is 4. The van der Waals surface area contributed by atoms with Crippen molar-refractivity contribution in [3.63, 3.8) is 0 Å². The molecule has 0 aliphatic heterocycles. The van der Waals surface area contributed by atoms with Crippen LogP contribution in [0.25, 0.3) is 0 Å². The van der Waals surface area contributed by atoms with Crippen molar-refractivity contribution >= 4 is 0 Å². The number of aromatic amines is 2. The number of aromatic nitrogens is 2. The first kappa shape index (κ1) is 9.02. The first-order valence-electron chi connectivity index (χ1n) is 3.82. The number of hydrogen-bond acceptors (Lipinski definition) is 3.